The van der Waals surface area contributed by atoms with E-state index in [0.717, 1.165) is 48.3 Å². The normalized spacial score (nSPS) is 17.6. The molecule has 58 heavy (non-hydrogen) atoms. The number of para-hydroxylation sites is 4. The van der Waals surface area contributed by atoms with Crippen molar-refractivity contribution in [2.75, 3.05) is 11.4 Å². The molecule has 1 unspecified atom stereocenters. The topological polar surface area (TPSA) is 25.1 Å². The van der Waals surface area contributed by atoms with Gasteiger partial charge in [0.1, 0.15) is 0 Å². The van der Waals surface area contributed by atoms with Gasteiger partial charge >= 0.3 is 0 Å². The van der Waals surface area contributed by atoms with Crippen molar-refractivity contribution in [1.82, 2.24) is 14.5 Å². The molecule has 282 valence electrons. The minimum absolute atomic E-state index is 0.609. The second-order valence-corrected chi connectivity index (χ2v) is 15.4. The number of rotatable bonds is 10. The number of fused-ring (bicyclic) bond motifs is 8. The Balaban J connectivity index is 1.08. The second kappa shape index (κ2) is 14.2. The van der Waals surface area contributed by atoms with Gasteiger partial charge in [-0.2, -0.15) is 0 Å². The molecule has 0 fully saturated rings. The van der Waals surface area contributed by atoms with E-state index in [-0.39, 0.29) is 0 Å². The van der Waals surface area contributed by atoms with Crippen molar-refractivity contribution >= 4 is 66.5 Å². The summed E-state index contributed by atoms with van der Waals surface area (Å²) in [6.45, 7) is 16.2. The molecule has 0 saturated heterocycles. The van der Waals surface area contributed by atoms with Crippen LogP contribution in [0.25, 0.3) is 60.8 Å². The lowest BCUT2D eigenvalue weighted by molar-refractivity contribution is 0.461. The second-order valence-electron chi connectivity index (χ2n) is 15.4. The third-order valence-electron chi connectivity index (χ3n) is 12.1. The molecule has 10 rings (SSSR count). The molecule has 0 radical (unpaired) electrons. The molecule has 1 atom stereocenters. The van der Waals surface area contributed by atoms with Gasteiger partial charge in [0.15, 0.2) is 5.66 Å². The van der Waals surface area contributed by atoms with E-state index in [0.29, 0.717) is 0 Å². The van der Waals surface area contributed by atoms with E-state index >= 15 is 0 Å². The van der Waals surface area contributed by atoms with E-state index in [4.69, 9.17) is 0 Å². The highest BCUT2D eigenvalue weighted by Gasteiger charge is 2.55. The lowest BCUT2D eigenvalue weighted by Gasteiger charge is -2.29. The summed E-state index contributed by atoms with van der Waals surface area (Å²) in [6, 6.07) is 48.1. The Morgan fingerprint density at radius 3 is 2.12 bits per heavy atom. The number of anilines is 1. The molecule has 4 nitrogen and oxygen atoms in total. The minimum Gasteiger partial charge on any atom is -0.355 e. The first kappa shape index (κ1) is 35.4. The number of benzene rings is 6. The van der Waals surface area contributed by atoms with Crippen molar-refractivity contribution in [3.05, 3.63) is 217 Å². The summed E-state index contributed by atoms with van der Waals surface area (Å²) in [7, 11) is 0. The first-order valence-corrected chi connectivity index (χ1v) is 20.4. The molecule has 4 heteroatoms. The van der Waals surface area contributed by atoms with Crippen molar-refractivity contribution in [2.45, 2.75) is 31.8 Å². The van der Waals surface area contributed by atoms with E-state index in [2.05, 4.69) is 204 Å². The van der Waals surface area contributed by atoms with Gasteiger partial charge < -0.3 is 19.4 Å². The zero-order valence-electron chi connectivity index (χ0n) is 33.0. The standard InChI is InChI=1S/C54H46N4/c1-5-18-39(55-54(47-31-30-38-20-8-9-22-43(38)53(47)54)58-51(19-6-2)41(7-3)44-23-13-17-29-52(44)58)32-34-56-35-33-40(36-37(4)42-21-10-14-26-48(42)56)57-49-27-15-11-24-45(49)46-25-12-16-28-50(46)57/h5,7-18,20-32,34,36,55H,1,3-4,6,19,33,35H2,2H3/b34-32-,39-18+,40-36+. The maximum absolute atomic E-state index is 4.64. The van der Waals surface area contributed by atoms with Crippen LogP contribution >= 0.6 is 0 Å². The van der Waals surface area contributed by atoms with Crippen LogP contribution in [0.4, 0.5) is 5.69 Å². The Kier molecular flexibility index (Phi) is 8.64. The lowest BCUT2D eigenvalue weighted by atomic mass is 10.00. The highest BCUT2D eigenvalue weighted by molar-refractivity contribution is 6.10. The first-order valence-electron chi connectivity index (χ1n) is 20.4. The van der Waals surface area contributed by atoms with Crippen LogP contribution in [0.3, 0.4) is 0 Å². The highest BCUT2D eigenvalue weighted by atomic mass is 15.3. The first-order chi connectivity index (χ1) is 28.6. The van der Waals surface area contributed by atoms with E-state index in [1.54, 1.807) is 0 Å². The van der Waals surface area contributed by atoms with E-state index in [1.807, 2.05) is 12.2 Å². The average molecular weight is 751 g/mol. The van der Waals surface area contributed by atoms with Crippen molar-refractivity contribution in [3.63, 3.8) is 0 Å². The van der Waals surface area contributed by atoms with Crippen molar-refractivity contribution in [2.24, 2.45) is 0 Å². The van der Waals surface area contributed by atoms with Gasteiger partial charge in [-0.1, -0.05) is 154 Å². The quantitative estimate of drug-likeness (QED) is 0.141. The van der Waals surface area contributed by atoms with Crippen LogP contribution in [0.2, 0.25) is 0 Å². The number of nitrogens with zero attached hydrogens (tertiary/aromatic N) is 3. The molecule has 2 aliphatic rings. The molecule has 2 aromatic heterocycles. The van der Waals surface area contributed by atoms with Gasteiger partial charge in [-0.05, 0) is 65.3 Å². The van der Waals surface area contributed by atoms with Gasteiger partial charge in [0, 0.05) is 80.4 Å². The van der Waals surface area contributed by atoms with Crippen LogP contribution in [0, 0.1) is 0 Å². The lowest BCUT2D eigenvalue weighted by Crippen LogP contribution is -2.38. The smallest absolute Gasteiger partial charge is 0.169 e. The number of hydrogen-bond donors (Lipinski definition) is 1. The van der Waals surface area contributed by atoms with Crippen LogP contribution in [-0.2, 0) is 12.1 Å². The number of allylic oxidation sites excluding steroid dienone is 5. The summed E-state index contributed by atoms with van der Waals surface area (Å²) in [6.07, 6.45) is 15.5. The molecule has 1 N–H and O–H groups in total. The van der Waals surface area contributed by atoms with Crippen LogP contribution < -0.4 is 10.2 Å². The molecule has 8 aromatic rings. The Morgan fingerprint density at radius 1 is 0.741 bits per heavy atom. The van der Waals surface area contributed by atoms with Crippen molar-refractivity contribution < 1.29 is 0 Å². The maximum atomic E-state index is 4.64. The Morgan fingerprint density at radius 2 is 1.40 bits per heavy atom. The van der Waals surface area contributed by atoms with Gasteiger partial charge in [-0.3, -0.25) is 0 Å². The Labute approximate surface area is 340 Å². The monoisotopic (exact) mass is 750 g/mol. The summed E-state index contributed by atoms with van der Waals surface area (Å²) in [5.41, 5.74) is 13.5. The predicted octanol–water partition coefficient (Wildman–Crippen LogP) is 13.2. The van der Waals surface area contributed by atoms with Gasteiger partial charge in [-0.15, -0.1) is 0 Å². The molecular weight excluding hydrogens is 705 g/mol. The van der Waals surface area contributed by atoms with Gasteiger partial charge in [-0.25, -0.2) is 0 Å². The number of aromatic nitrogens is 2. The summed E-state index contributed by atoms with van der Waals surface area (Å²) < 4.78 is 4.99. The Hall–Kier alpha value is -7.04. The van der Waals surface area contributed by atoms with Gasteiger partial charge in [0.05, 0.1) is 16.6 Å². The molecule has 0 bridgehead atoms. The largest absolute Gasteiger partial charge is 0.355 e. The Bertz CT molecular complexity index is 3020. The maximum Gasteiger partial charge on any atom is 0.169 e. The third-order valence-corrected chi connectivity index (χ3v) is 12.1. The average Bonchev–Trinajstić information content (AvgIpc) is 3.61. The van der Waals surface area contributed by atoms with Gasteiger partial charge in [0.2, 0.25) is 0 Å². The van der Waals surface area contributed by atoms with Crippen molar-refractivity contribution in [1.29, 1.82) is 0 Å². The van der Waals surface area contributed by atoms with E-state index in [1.165, 1.54) is 71.6 Å². The molecule has 1 aliphatic heterocycles. The molecular formula is C54H46N4. The fraction of sp³-hybridized carbons (Fsp3) is 0.111. The molecule has 1 aliphatic carbocycles. The fourth-order valence-electron chi connectivity index (χ4n) is 9.62. The zero-order chi connectivity index (χ0) is 39.4. The summed E-state index contributed by atoms with van der Waals surface area (Å²) in [5, 5.41) is 10.4. The molecule has 0 amide bonds. The van der Waals surface area contributed by atoms with Crippen LogP contribution in [0.5, 0.6) is 0 Å². The molecule has 0 saturated carbocycles. The number of hydrogen-bond acceptors (Lipinski definition) is 2. The van der Waals surface area contributed by atoms with Gasteiger partial charge in [0.25, 0.3) is 0 Å². The van der Waals surface area contributed by atoms with Crippen molar-refractivity contribution in [3.8, 4) is 0 Å². The molecule has 3 heterocycles. The summed E-state index contributed by atoms with van der Waals surface area (Å²) in [4.78, 5) is 2.38. The van der Waals surface area contributed by atoms with Crippen LogP contribution in [0.15, 0.2) is 189 Å². The van der Waals surface area contributed by atoms with E-state index in [9.17, 15) is 0 Å². The SMILES string of the molecule is C=C/C=C(\C=C/N1CC/C(n2c3ccccc3c3ccccc32)=C\C(=C)c2ccccc21)NC1(n2c(CCC)c(C=C)c3ccccc32)c2ccc3ccccc3c21. The summed E-state index contributed by atoms with van der Waals surface area (Å²) in [5.74, 6) is 0. The van der Waals surface area contributed by atoms with Crippen LogP contribution in [0.1, 0.15) is 47.7 Å². The zero-order valence-corrected chi connectivity index (χ0v) is 33.0. The fourth-order valence-corrected chi connectivity index (χ4v) is 9.62. The summed E-state index contributed by atoms with van der Waals surface area (Å²) >= 11 is 0. The van der Waals surface area contributed by atoms with E-state index < -0.39 is 5.66 Å². The highest BCUT2D eigenvalue weighted by Crippen LogP contribution is 2.55. The predicted molar refractivity (Wildman–Crippen MR) is 248 cm³/mol. The number of nitrogens with one attached hydrogen (secondary N) is 1. The molecule has 6 aromatic carbocycles. The minimum atomic E-state index is -0.609. The van der Waals surface area contributed by atoms with Crippen LogP contribution in [-0.4, -0.2) is 15.7 Å². The third kappa shape index (κ3) is 5.43. The molecule has 0 spiro atoms.